The average Bonchev–Trinajstić information content (AvgIpc) is 3.14. The number of fused-ring (bicyclic) bond motifs is 1. The van der Waals surface area contributed by atoms with Crippen LogP contribution in [0.25, 0.3) is 10.8 Å². The number of hydrogen-bond acceptors (Lipinski definition) is 5. The van der Waals surface area contributed by atoms with Gasteiger partial charge >= 0.3 is 0 Å². The van der Waals surface area contributed by atoms with Crippen LogP contribution in [0.3, 0.4) is 0 Å². The summed E-state index contributed by atoms with van der Waals surface area (Å²) in [6.07, 6.45) is 8.07. The van der Waals surface area contributed by atoms with Crippen molar-refractivity contribution in [3.8, 4) is 5.75 Å². The van der Waals surface area contributed by atoms with E-state index in [2.05, 4.69) is 34.1 Å². The zero-order chi connectivity index (χ0) is 23.9. The molecule has 6 heteroatoms. The highest BCUT2D eigenvalue weighted by atomic mass is 16.5. The first-order valence-corrected chi connectivity index (χ1v) is 12.9. The lowest BCUT2D eigenvalue weighted by molar-refractivity contribution is 0.0322. The van der Waals surface area contributed by atoms with Crippen molar-refractivity contribution in [1.29, 1.82) is 0 Å². The molecule has 3 heterocycles. The summed E-state index contributed by atoms with van der Waals surface area (Å²) in [5.41, 5.74) is 2.09. The molecule has 1 amide bonds. The highest BCUT2D eigenvalue weighted by molar-refractivity contribution is 5.94. The molecule has 1 atom stereocenters. The summed E-state index contributed by atoms with van der Waals surface area (Å²) in [7, 11) is 0. The predicted octanol–water partition coefficient (Wildman–Crippen LogP) is 4.43. The molecular formula is C29H35N3O3. The molecular weight excluding hydrogens is 438 g/mol. The van der Waals surface area contributed by atoms with Crippen LogP contribution in [0, 0.1) is 5.92 Å². The third kappa shape index (κ3) is 6.38. The fourth-order valence-corrected chi connectivity index (χ4v) is 5.18. The standard InChI is InChI=1S/C29H35N3O3/c33-29(26-4-1-5-28(21-26)35-18-15-31-13-16-34-17-14-31)32-11-2-3-23(9-12-32)19-24-6-7-27-22-30-10-8-25(27)20-24/h1,4-8,10,20-23H,2-3,9,11-19H2. The van der Waals surface area contributed by atoms with Crippen molar-refractivity contribution in [2.45, 2.75) is 25.7 Å². The first kappa shape index (κ1) is 23.8. The molecule has 2 fully saturated rings. The summed E-state index contributed by atoms with van der Waals surface area (Å²) in [6.45, 7) is 6.62. The number of amides is 1. The van der Waals surface area contributed by atoms with Gasteiger partial charge in [-0.15, -0.1) is 0 Å². The smallest absolute Gasteiger partial charge is 0.253 e. The molecule has 35 heavy (non-hydrogen) atoms. The lowest BCUT2D eigenvalue weighted by atomic mass is 9.92. The van der Waals surface area contributed by atoms with Crippen LogP contribution in [0.1, 0.15) is 35.2 Å². The molecule has 2 aliphatic rings. The van der Waals surface area contributed by atoms with E-state index in [4.69, 9.17) is 9.47 Å². The molecule has 1 aromatic heterocycles. The lowest BCUT2D eigenvalue weighted by Gasteiger charge is -2.26. The number of ether oxygens (including phenoxy) is 2. The lowest BCUT2D eigenvalue weighted by Crippen LogP contribution is -2.38. The van der Waals surface area contributed by atoms with Crippen LogP contribution in [0.15, 0.2) is 60.9 Å². The van der Waals surface area contributed by atoms with Gasteiger partial charge in [0.15, 0.2) is 0 Å². The van der Waals surface area contributed by atoms with E-state index in [1.54, 1.807) is 0 Å². The number of morpholine rings is 1. The molecule has 0 spiro atoms. The number of aromatic nitrogens is 1. The normalized spacial score (nSPS) is 19.4. The fourth-order valence-electron chi connectivity index (χ4n) is 5.18. The van der Waals surface area contributed by atoms with Crippen LogP contribution in [-0.4, -0.2) is 73.2 Å². The summed E-state index contributed by atoms with van der Waals surface area (Å²) in [5.74, 6) is 1.48. The van der Waals surface area contributed by atoms with Gasteiger partial charge < -0.3 is 14.4 Å². The molecule has 0 radical (unpaired) electrons. The maximum Gasteiger partial charge on any atom is 0.253 e. The van der Waals surface area contributed by atoms with Gasteiger partial charge in [-0.05, 0) is 66.8 Å². The average molecular weight is 474 g/mol. The highest BCUT2D eigenvalue weighted by Gasteiger charge is 2.22. The summed E-state index contributed by atoms with van der Waals surface area (Å²) in [5, 5.41) is 2.43. The maximum atomic E-state index is 13.3. The van der Waals surface area contributed by atoms with E-state index in [9.17, 15) is 4.79 Å². The van der Waals surface area contributed by atoms with E-state index >= 15 is 0 Å². The number of hydrogen-bond donors (Lipinski definition) is 0. The van der Waals surface area contributed by atoms with Crippen molar-refractivity contribution in [1.82, 2.24) is 14.8 Å². The van der Waals surface area contributed by atoms with Crippen LogP contribution >= 0.6 is 0 Å². The molecule has 2 aliphatic heterocycles. The molecule has 0 bridgehead atoms. The van der Waals surface area contributed by atoms with Crippen molar-refractivity contribution in [2.75, 3.05) is 52.5 Å². The van der Waals surface area contributed by atoms with E-state index in [0.717, 1.165) is 82.9 Å². The first-order chi connectivity index (χ1) is 17.2. The molecule has 3 aromatic rings. The molecule has 1 unspecified atom stereocenters. The first-order valence-electron chi connectivity index (χ1n) is 12.9. The van der Waals surface area contributed by atoms with Crippen molar-refractivity contribution in [3.63, 3.8) is 0 Å². The van der Waals surface area contributed by atoms with E-state index in [0.29, 0.717) is 12.5 Å². The Bertz CT molecular complexity index is 1130. The minimum Gasteiger partial charge on any atom is -0.492 e. The van der Waals surface area contributed by atoms with Crippen LogP contribution in [-0.2, 0) is 11.2 Å². The monoisotopic (exact) mass is 473 g/mol. The van der Waals surface area contributed by atoms with Crippen LogP contribution in [0.5, 0.6) is 5.75 Å². The molecule has 2 aromatic carbocycles. The van der Waals surface area contributed by atoms with E-state index in [1.165, 1.54) is 16.3 Å². The second kappa shape index (κ2) is 11.6. The Kier molecular flexibility index (Phi) is 7.91. The predicted molar refractivity (Wildman–Crippen MR) is 138 cm³/mol. The SMILES string of the molecule is O=C(c1cccc(OCCN2CCOCC2)c1)N1CCCC(Cc2ccc3cnccc3c2)CC1. The minimum atomic E-state index is 0.113. The molecule has 184 valence electrons. The van der Waals surface area contributed by atoms with Crippen LogP contribution in [0.2, 0.25) is 0 Å². The fraction of sp³-hybridized carbons (Fsp3) is 0.448. The quantitative estimate of drug-likeness (QED) is 0.508. The summed E-state index contributed by atoms with van der Waals surface area (Å²) in [4.78, 5) is 21.9. The Labute approximate surface area is 207 Å². The summed E-state index contributed by atoms with van der Waals surface area (Å²) < 4.78 is 11.4. The molecule has 6 nitrogen and oxygen atoms in total. The van der Waals surface area contributed by atoms with Crippen molar-refractivity contribution >= 4 is 16.7 Å². The van der Waals surface area contributed by atoms with Gasteiger partial charge in [-0.1, -0.05) is 24.3 Å². The Morgan fingerprint density at radius 2 is 1.91 bits per heavy atom. The Hall–Kier alpha value is -2.96. The highest BCUT2D eigenvalue weighted by Crippen LogP contribution is 2.25. The van der Waals surface area contributed by atoms with E-state index in [-0.39, 0.29) is 5.91 Å². The number of rotatable bonds is 7. The van der Waals surface area contributed by atoms with E-state index < -0.39 is 0 Å². The maximum absolute atomic E-state index is 13.3. The molecule has 0 saturated carbocycles. The van der Waals surface area contributed by atoms with E-state index in [1.807, 2.05) is 41.6 Å². The molecule has 2 saturated heterocycles. The second-order valence-corrected chi connectivity index (χ2v) is 9.68. The largest absolute Gasteiger partial charge is 0.492 e. The second-order valence-electron chi connectivity index (χ2n) is 9.68. The van der Waals surface area contributed by atoms with Gasteiger partial charge in [0.1, 0.15) is 12.4 Å². The van der Waals surface area contributed by atoms with Gasteiger partial charge in [0.2, 0.25) is 0 Å². The van der Waals surface area contributed by atoms with Crippen molar-refractivity contribution < 1.29 is 14.3 Å². The van der Waals surface area contributed by atoms with Crippen molar-refractivity contribution in [2.24, 2.45) is 5.92 Å². The number of likely N-dealkylation sites (tertiary alicyclic amines) is 1. The van der Waals surface area contributed by atoms with Gasteiger partial charge in [-0.2, -0.15) is 0 Å². The summed E-state index contributed by atoms with van der Waals surface area (Å²) in [6, 6.07) is 16.4. The number of benzene rings is 2. The Morgan fingerprint density at radius 1 is 1.00 bits per heavy atom. The molecule has 0 N–H and O–H groups in total. The van der Waals surface area contributed by atoms with Crippen LogP contribution < -0.4 is 4.74 Å². The number of nitrogens with zero attached hydrogens (tertiary/aromatic N) is 3. The third-order valence-electron chi connectivity index (χ3n) is 7.23. The number of pyridine rings is 1. The van der Waals surface area contributed by atoms with Gasteiger partial charge in [-0.3, -0.25) is 14.7 Å². The molecule has 0 aliphatic carbocycles. The number of carbonyl (C=O) groups is 1. The van der Waals surface area contributed by atoms with Crippen molar-refractivity contribution in [3.05, 3.63) is 72.1 Å². The van der Waals surface area contributed by atoms with Gasteiger partial charge in [0.05, 0.1) is 13.2 Å². The topological polar surface area (TPSA) is 54.9 Å². The van der Waals surface area contributed by atoms with Crippen LogP contribution in [0.4, 0.5) is 0 Å². The Morgan fingerprint density at radius 3 is 2.83 bits per heavy atom. The molecule has 5 rings (SSSR count). The number of carbonyl (C=O) groups excluding carboxylic acids is 1. The van der Waals surface area contributed by atoms with Gasteiger partial charge in [0.25, 0.3) is 5.91 Å². The van der Waals surface area contributed by atoms with Gasteiger partial charge in [-0.25, -0.2) is 0 Å². The zero-order valence-corrected chi connectivity index (χ0v) is 20.4. The summed E-state index contributed by atoms with van der Waals surface area (Å²) >= 11 is 0. The Balaban J connectivity index is 1.14. The minimum absolute atomic E-state index is 0.113. The third-order valence-corrected chi connectivity index (χ3v) is 7.23. The zero-order valence-electron chi connectivity index (χ0n) is 20.4. The van der Waals surface area contributed by atoms with Gasteiger partial charge in [0, 0.05) is 56.1 Å².